The van der Waals surface area contributed by atoms with Gasteiger partial charge in [0.15, 0.2) is 0 Å². The lowest BCUT2D eigenvalue weighted by atomic mass is 10.2. The molecular formula is C14H11N5O2. The molecule has 0 aliphatic heterocycles. The van der Waals surface area contributed by atoms with Crippen LogP contribution in [0.25, 0.3) is 5.69 Å². The van der Waals surface area contributed by atoms with Crippen molar-refractivity contribution in [1.82, 2.24) is 19.7 Å². The molecule has 0 aliphatic rings. The molecule has 0 aliphatic carbocycles. The molecule has 3 rings (SSSR count). The largest absolute Gasteiger partial charge is 0.506 e. The molecule has 7 nitrogen and oxygen atoms in total. The number of nitrogens with one attached hydrogen (secondary N) is 1. The molecule has 2 N–H and O–H groups in total. The molecule has 0 bridgehead atoms. The van der Waals surface area contributed by atoms with E-state index in [1.807, 2.05) is 30.3 Å². The molecule has 0 saturated heterocycles. The van der Waals surface area contributed by atoms with Gasteiger partial charge in [-0.3, -0.25) is 19.7 Å². The second-order valence-electron chi connectivity index (χ2n) is 4.25. The highest BCUT2D eigenvalue weighted by Gasteiger charge is 2.12. The first-order valence-electron chi connectivity index (χ1n) is 6.15. The molecule has 0 spiro atoms. The maximum absolute atomic E-state index is 12.1. The van der Waals surface area contributed by atoms with E-state index < -0.39 is 5.91 Å². The van der Waals surface area contributed by atoms with E-state index in [4.69, 9.17) is 0 Å². The highest BCUT2D eigenvalue weighted by atomic mass is 16.3. The Kier molecular flexibility index (Phi) is 3.30. The Morgan fingerprint density at radius 3 is 2.76 bits per heavy atom. The minimum atomic E-state index is -0.427. The van der Waals surface area contributed by atoms with Gasteiger partial charge in [-0.05, 0) is 18.2 Å². The van der Waals surface area contributed by atoms with Gasteiger partial charge >= 0.3 is 0 Å². The van der Waals surface area contributed by atoms with Gasteiger partial charge in [0.25, 0.3) is 5.91 Å². The fraction of sp³-hybridized carbons (Fsp3) is 0. The quantitative estimate of drug-likeness (QED) is 0.761. The van der Waals surface area contributed by atoms with Gasteiger partial charge in [-0.25, -0.2) is 0 Å². The van der Waals surface area contributed by atoms with E-state index in [2.05, 4.69) is 20.5 Å². The molecule has 2 heterocycles. The molecule has 21 heavy (non-hydrogen) atoms. The zero-order valence-corrected chi connectivity index (χ0v) is 10.8. The number of pyridine rings is 1. The normalized spacial score (nSPS) is 10.3. The van der Waals surface area contributed by atoms with E-state index in [0.717, 1.165) is 5.69 Å². The summed E-state index contributed by atoms with van der Waals surface area (Å²) in [4.78, 5) is 15.9. The van der Waals surface area contributed by atoms with Crippen LogP contribution in [0.15, 0.2) is 55.1 Å². The van der Waals surface area contributed by atoms with Crippen molar-refractivity contribution >= 4 is 11.9 Å². The highest BCUT2D eigenvalue weighted by molar-refractivity contribution is 6.03. The van der Waals surface area contributed by atoms with Crippen molar-refractivity contribution in [2.24, 2.45) is 0 Å². The predicted octanol–water partition coefficient (Wildman–Crippen LogP) is 1.62. The topological polar surface area (TPSA) is 92.9 Å². The Morgan fingerprint density at radius 2 is 2.00 bits per heavy atom. The summed E-state index contributed by atoms with van der Waals surface area (Å²) < 4.78 is 1.65. The minimum absolute atomic E-state index is 0.0767. The van der Waals surface area contributed by atoms with Crippen LogP contribution in [0.4, 0.5) is 5.95 Å². The lowest BCUT2D eigenvalue weighted by Crippen LogP contribution is -2.15. The van der Waals surface area contributed by atoms with Crippen molar-refractivity contribution in [2.75, 3.05) is 5.32 Å². The van der Waals surface area contributed by atoms with Crippen molar-refractivity contribution < 1.29 is 9.90 Å². The summed E-state index contributed by atoms with van der Waals surface area (Å²) in [6.07, 6.45) is 4.12. The van der Waals surface area contributed by atoms with Crippen molar-refractivity contribution in [3.63, 3.8) is 0 Å². The summed E-state index contributed by atoms with van der Waals surface area (Å²) >= 11 is 0. The van der Waals surface area contributed by atoms with E-state index in [0.29, 0.717) is 0 Å². The lowest BCUT2D eigenvalue weighted by molar-refractivity contribution is 0.102. The van der Waals surface area contributed by atoms with Gasteiger partial charge in [0.1, 0.15) is 12.1 Å². The number of anilines is 1. The molecule has 1 aromatic carbocycles. The standard InChI is InChI=1S/C14H11N5O2/c20-12-6-10(7-15-8-12)13(21)17-14-18-16-9-19(14)11-4-2-1-3-5-11/h1-9,20H,(H,17,18,21). The molecule has 7 heteroatoms. The first-order chi connectivity index (χ1) is 10.2. The molecule has 0 saturated carbocycles. The summed E-state index contributed by atoms with van der Waals surface area (Å²) in [6, 6.07) is 10.7. The van der Waals surface area contributed by atoms with Crippen molar-refractivity contribution in [3.8, 4) is 11.4 Å². The summed E-state index contributed by atoms with van der Waals surface area (Å²) in [5.41, 5.74) is 1.06. The Morgan fingerprint density at radius 1 is 1.19 bits per heavy atom. The van der Waals surface area contributed by atoms with E-state index in [1.54, 1.807) is 4.57 Å². The van der Waals surface area contributed by atoms with E-state index in [9.17, 15) is 9.90 Å². The third-order valence-electron chi connectivity index (χ3n) is 2.79. The van der Waals surface area contributed by atoms with Crippen LogP contribution in [0, 0.1) is 0 Å². The number of hydrogen-bond acceptors (Lipinski definition) is 5. The first-order valence-corrected chi connectivity index (χ1v) is 6.15. The Bertz CT molecular complexity index is 770. The molecule has 104 valence electrons. The average molecular weight is 281 g/mol. The Balaban J connectivity index is 1.87. The number of rotatable bonds is 3. The van der Waals surface area contributed by atoms with Gasteiger partial charge in [0, 0.05) is 6.20 Å². The summed E-state index contributed by atoms with van der Waals surface area (Å²) in [5.74, 6) is -0.217. The Hall–Kier alpha value is -3.22. The van der Waals surface area contributed by atoms with Crippen LogP contribution in [-0.2, 0) is 0 Å². The number of nitrogens with zero attached hydrogens (tertiary/aromatic N) is 4. The second-order valence-corrected chi connectivity index (χ2v) is 4.25. The molecular weight excluding hydrogens is 270 g/mol. The van der Waals surface area contributed by atoms with Crippen LogP contribution < -0.4 is 5.32 Å². The van der Waals surface area contributed by atoms with Gasteiger partial charge < -0.3 is 5.11 Å². The number of carbonyl (C=O) groups excluding carboxylic acids is 1. The zero-order chi connectivity index (χ0) is 14.7. The van der Waals surface area contributed by atoms with Crippen LogP contribution in [0.5, 0.6) is 5.75 Å². The van der Waals surface area contributed by atoms with E-state index in [-0.39, 0.29) is 17.3 Å². The third kappa shape index (κ3) is 2.71. The SMILES string of the molecule is O=C(Nc1nncn1-c1ccccc1)c1cncc(O)c1. The number of para-hydroxylation sites is 1. The van der Waals surface area contributed by atoms with Crippen LogP contribution in [0.2, 0.25) is 0 Å². The van der Waals surface area contributed by atoms with Crippen LogP contribution in [-0.4, -0.2) is 30.8 Å². The van der Waals surface area contributed by atoms with Gasteiger partial charge in [-0.2, -0.15) is 0 Å². The van der Waals surface area contributed by atoms with Gasteiger partial charge in [-0.1, -0.05) is 18.2 Å². The average Bonchev–Trinajstić information content (AvgIpc) is 2.96. The number of carbonyl (C=O) groups is 1. The molecule has 1 amide bonds. The third-order valence-corrected chi connectivity index (χ3v) is 2.79. The molecule has 0 unspecified atom stereocenters. The van der Waals surface area contributed by atoms with Gasteiger partial charge in [0.2, 0.25) is 5.95 Å². The first kappa shape index (κ1) is 12.8. The maximum atomic E-state index is 12.1. The smallest absolute Gasteiger partial charge is 0.259 e. The van der Waals surface area contributed by atoms with Gasteiger partial charge in [-0.15, -0.1) is 10.2 Å². The molecule has 2 aromatic heterocycles. The fourth-order valence-corrected chi connectivity index (χ4v) is 1.82. The van der Waals surface area contributed by atoms with Crippen molar-refractivity contribution in [3.05, 3.63) is 60.7 Å². The molecule has 0 radical (unpaired) electrons. The number of aromatic hydroxyl groups is 1. The number of hydrogen-bond donors (Lipinski definition) is 2. The summed E-state index contributed by atoms with van der Waals surface area (Å²) in [5, 5.41) is 19.7. The number of amides is 1. The zero-order valence-electron chi connectivity index (χ0n) is 10.8. The lowest BCUT2D eigenvalue weighted by Gasteiger charge is -2.07. The van der Waals surface area contributed by atoms with E-state index >= 15 is 0 Å². The molecule has 0 atom stereocenters. The maximum Gasteiger partial charge on any atom is 0.259 e. The van der Waals surface area contributed by atoms with Crippen molar-refractivity contribution in [1.29, 1.82) is 0 Å². The highest BCUT2D eigenvalue weighted by Crippen LogP contribution is 2.14. The molecule has 0 fully saturated rings. The monoisotopic (exact) mass is 281 g/mol. The fourth-order valence-electron chi connectivity index (χ4n) is 1.82. The number of benzene rings is 1. The Labute approximate surface area is 119 Å². The van der Waals surface area contributed by atoms with Gasteiger partial charge in [0.05, 0.1) is 17.4 Å². The molecule has 3 aromatic rings. The number of aromatic nitrogens is 4. The summed E-state index contributed by atoms with van der Waals surface area (Å²) in [7, 11) is 0. The van der Waals surface area contributed by atoms with Crippen LogP contribution >= 0.6 is 0 Å². The summed E-state index contributed by atoms with van der Waals surface area (Å²) in [6.45, 7) is 0. The predicted molar refractivity (Wildman–Crippen MR) is 75.2 cm³/mol. The van der Waals surface area contributed by atoms with Crippen LogP contribution in [0.1, 0.15) is 10.4 Å². The van der Waals surface area contributed by atoms with Crippen molar-refractivity contribution in [2.45, 2.75) is 0 Å². The second kappa shape index (κ2) is 5.41. The minimum Gasteiger partial charge on any atom is -0.506 e. The van der Waals surface area contributed by atoms with Crippen LogP contribution in [0.3, 0.4) is 0 Å². The van der Waals surface area contributed by atoms with E-state index in [1.165, 1.54) is 24.8 Å².